The summed E-state index contributed by atoms with van der Waals surface area (Å²) in [6, 6.07) is 8.96. The second-order valence-corrected chi connectivity index (χ2v) is 6.16. The summed E-state index contributed by atoms with van der Waals surface area (Å²) in [5.41, 5.74) is 2.50. The molecule has 5 nitrogen and oxygen atoms in total. The number of nitrogens with one attached hydrogen (secondary N) is 2. The number of imidazole rings is 1. The van der Waals surface area contributed by atoms with Crippen molar-refractivity contribution >= 4 is 5.96 Å². The Morgan fingerprint density at radius 2 is 2.04 bits per heavy atom. The molecule has 1 aromatic carbocycles. The van der Waals surface area contributed by atoms with Gasteiger partial charge >= 0.3 is 0 Å². The molecule has 0 amide bonds. The van der Waals surface area contributed by atoms with Crippen LogP contribution < -0.4 is 10.6 Å². The Labute approximate surface area is 138 Å². The zero-order chi connectivity index (χ0) is 16.7. The summed E-state index contributed by atoms with van der Waals surface area (Å²) >= 11 is 0. The second kappa shape index (κ2) is 8.36. The number of hydrogen-bond donors (Lipinski definition) is 2. The van der Waals surface area contributed by atoms with Crippen molar-refractivity contribution < 1.29 is 0 Å². The van der Waals surface area contributed by atoms with Gasteiger partial charge in [0.15, 0.2) is 5.96 Å². The van der Waals surface area contributed by atoms with Crippen molar-refractivity contribution in [2.24, 2.45) is 10.9 Å². The fourth-order valence-electron chi connectivity index (χ4n) is 2.19. The number of hydrogen-bond acceptors (Lipinski definition) is 2. The highest BCUT2D eigenvalue weighted by molar-refractivity contribution is 5.79. The first kappa shape index (κ1) is 17.1. The molecule has 23 heavy (non-hydrogen) atoms. The van der Waals surface area contributed by atoms with Crippen LogP contribution in [0, 0.1) is 5.92 Å². The van der Waals surface area contributed by atoms with Crippen molar-refractivity contribution in [3.63, 3.8) is 0 Å². The molecular weight excluding hydrogens is 286 g/mol. The molecule has 2 N–H and O–H groups in total. The molecule has 0 fully saturated rings. The maximum Gasteiger partial charge on any atom is 0.191 e. The van der Waals surface area contributed by atoms with Gasteiger partial charge in [-0.25, -0.2) is 4.98 Å². The molecule has 0 saturated carbocycles. The summed E-state index contributed by atoms with van der Waals surface area (Å²) in [5.74, 6) is 1.40. The minimum absolute atomic E-state index is 0.383. The summed E-state index contributed by atoms with van der Waals surface area (Å²) in [7, 11) is 1.80. The van der Waals surface area contributed by atoms with Gasteiger partial charge < -0.3 is 15.2 Å². The van der Waals surface area contributed by atoms with Crippen molar-refractivity contribution in [2.45, 2.75) is 39.9 Å². The lowest BCUT2D eigenvalue weighted by Crippen LogP contribution is -2.43. The molecule has 124 valence electrons. The standard InChI is InChI=1S/C18H27N5/c1-14(2)15(3)22-18(19-4)21-11-16-6-5-7-17(10-16)12-23-9-8-20-13-23/h5-10,13-15H,11-12H2,1-4H3,(H2,19,21,22). The van der Waals surface area contributed by atoms with Gasteiger partial charge in [0, 0.05) is 38.6 Å². The van der Waals surface area contributed by atoms with Crippen molar-refractivity contribution in [3.05, 3.63) is 54.1 Å². The van der Waals surface area contributed by atoms with Crippen LogP contribution in [0.5, 0.6) is 0 Å². The van der Waals surface area contributed by atoms with Gasteiger partial charge in [0.25, 0.3) is 0 Å². The largest absolute Gasteiger partial charge is 0.354 e. The number of rotatable bonds is 6. The summed E-state index contributed by atoms with van der Waals surface area (Å²) in [4.78, 5) is 8.37. The van der Waals surface area contributed by atoms with E-state index in [1.54, 1.807) is 13.2 Å². The maximum absolute atomic E-state index is 4.29. The van der Waals surface area contributed by atoms with E-state index in [4.69, 9.17) is 0 Å². The van der Waals surface area contributed by atoms with Crippen LogP contribution in [0.2, 0.25) is 0 Å². The molecule has 1 atom stereocenters. The highest BCUT2D eigenvalue weighted by Crippen LogP contribution is 2.07. The molecule has 0 aliphatic rings. The number of aliphatic imine (C=N–C) groups is 1. The van der Waals surface area contributed by atoms with Crippen LogP contribution in [0.25, 0.3) is 0 Å². The smallest absolute Gasteiger partial charge is 0.191 e. The molecule has 0 saturated heterocycles. The normalized spacial score (nSPS) is 13.2. The van der Waals surface area contributed by atoms with Crippen molar-refractivity contribution in [1.82, 2.24) is 20.2 Å². The Balaban J connectivity index is 1.92. The zero-order valence-corrected chi connectivity index (χ0v) is 14.5. The van der Waals surface area contributed by atoms with Gasteiger partial charge in [0.2, 0.25) is 0 Å². The van der Waals surface area contributed by atoms with Crippen LogP contribution in [0.1, 0.15) is 31.9 Å². The third-order valence-corrected chi connectivity index (χ3v) is 3.96. The number of benzene rings is 1. The number of aromatic nitrogens is 2. The van der Waals surface area contributed by atoms with Gasteiger partial charge in [-0.15, -0.1) is 0 Å². The second-order valence-electron chi connectivity index (χ2n) is 6.16. The average molecular weight is 313 g/mol. The van der Waals surface area contributed by atoms with Crippen molar-refractivity contribution in [2.75, 3.05) is 7.05 Å². The highest BCUT2D eigenvalue weighted by Gasteiger charge is 2.08. The summed E-state index contributed by atoms with van der Waals surface area (Å²) in [6.07, 6.45) is 5.62. The van der Waals surface area contributed by atoms with Gasteiger partial charge in [0.05, 0.1) is 6.33 Å². The molecule has 0 aliphatic carbocycles. The van der Waals surface area contributed by atoms with E-state index in [0.29, 0.717) is 12.0 Å². The molecule has 0 aliphatic heterocycles. The van der Waals surface area contributed by atoms with Crippen LogP contribution in [0.3, 0.4) is 0 Å². The third-order valence-electron chi connectivity index (χ3n) is 3.96. The van der Waals surface area contributed by atoms with E-state index in [2.05, 4.69) is 70.2 Å². The topological polar surface area (TPSA) is 54.2 Å². The maximum atomic E-state index is 4.29. The molecule has 1 aromatic heterocycles. The van der Waals surface area contributed by atoms with Crippen LogP contribution in [-0.2, 0) is 13.1 Å². The van der Waals surface area contributed by atoms with E-state index in [9.17, 15) is 0 Å². The summed E-state index contributed by atoms with van der Waals surface area (Å²) in [6.45, 7) is 8.16. The van der Waals surface area contributed by atoms with E-state index >= 15 is 0 Å². The molecule has 1 heterocycles. The van der Waals surface area contributed by atoms with Crippen LogP contribution in [0.4, 0.5) is 0 Å². The zero-order valence-electron chi connectivity index (χ0n) is 14.5. The van der Waals surface area contributed by atoms with Gasteiger partial charge in [-0.1, -0.05) is 38.1 Å². The monoisotopic (exact) mass is 313 g/mol. The molecule has 0 bridgehead atoms. The lowest BCUT2D eigenvalue weighted by atomic mass is 10.1. The van der Waals surface area contributed by atoms with Gasteiger partial charge in [-0.05, 0) is 24.0 Å². The van der Waals surface area contributed by atoms with E-state index in [-0.39, 0.29) is 0 Å². The van der Waals surface area contributed by atoms with Crippen molar-refractivity contribution in [1.29, 1.82) is 0 Å². The quantitative estimate of drug-likeness (QED) is 0.637. The first-order valence-electron chi connectivity index (χ1n) is 8.09. The van der Waals surface area contributed by atoms with Crippen LogP contribution in [-0.4, -0.2) is 28.6 Å². The predicted octanol–water partition coefficient (Wildman–Crippen LogP) is 2.64. The Morgan fingerprint density at radius 1 is 1.26 bits per heavy atom. The molecule has 1 unspecified atom stereocenters. The number of nitrogens with zero attached hydrogens (tertiary/aromatic N) is 3. The predicted molar refractivity (Wildman–Crippen MR) is 95.4 cm³/mol. The minimum atomic E-state index is 0.383. The summed E-state index contributed by atoms with van der Waals surface area (Å²) in [5, 5.41) is 6.79. The van der Waals surface area contributed by atoms with E-state index in [0.717, 1.165) is 19.0 Å². The number of guanidine groups is 1. The molecular formula is C18H27N5. The third kappa shape index (κ3) is 5.43. The van der Waals surface area contributed by atoms with E-state index in [1.807, 2.05) is 12.5 Å². The van der Waals surface area contributed by atoms with Crippen molar-refractivity contribution in [3.8, 4) is 0 Å². The van der Waals surface area contributed by atoms with Crippen LogP contribution in [0.15, 0.2) is 48.0 Å². The first-order valence-corrected chi connectivity index (χ1v) is 8.09. The Kier molecular flexibility index (Phi) is 6.20. The first-order chi connectivity index (χ1) is 11.1. The van der Waals surface area contributed by atoms with Gasteiger partial charge in [-0.3, -0.25) is 4.99 Å². The fraction of sp³-hybridized carbons (Fsp3) is 0.444. The minimum Gasteiger partial charge on any atom is -0.354 e. The van der Waals surface area contributed by atoms with Crippen LogP contribution >= 0.6 is 0 Å². The van der Waals surface area contributed by atoms with Gasteiger partial charge in [-0.2, -0.15) is 0 Å². The highest BCUT2D eigenvalue weighted by atomic mass is 15.2. The van der Waals surface area contributed by atoms with E-state index in [1.165, 1.54) is 11.1 Å². The lowest BCUT2D eigenvalue weighted by molar-refractivity contribution is 0.481. The molecule has 2 rings (SSSR count). The Morgan fingerprint density at radius 3 is 2.70 bits per heavy atom. The molecule has 0 radical (unpaired) electrons. The molecule has 5 heteroatoms. The molecule has 0 spiro atoms. The Bertz CT molecular complexity index is 616. The van der Waals surface area contributed by atoms with Gasteiger partial charge in [0.1, 0.15) is 0 Å². The fourth-order valence-corrected chi connectivity index (χ4v) is 2.19. The summed E-state index contributed by atoms with van der Waals surface area (Å²) < 4.78 is 2.07. The average Bonchev–Trinajstić information content (AvgIpc) is 3.04. The SMILES string of the molecule is CN=C(NCc1cccc(Cn2ccnc2)c1)NC(C)C(C)C. The van der Waals surface area contributed by atoms with E-state index < -0.39 is 0 Å². The Hall–Kier alpha value is -2.30. The lowest BCUT2D eigenvalue weighted by Gasteiger charge is -2.20. The molecule has 2 aromatic rings.